The van der Waals surface area contributed by atoms with Gasteiger partial charge in [-0.25, -0.2) is 4.98 Å². The number of methoxy groups -OCH3 is 2. The molecule has 0 saturated carbocycles. The van der Waals surface area contributed by atoms with Crippen LogP contribution in [0.15, 0.2) is 16.9 Å². The van der Waals surface area contributed by atoms with E-state index in [2.05, 4.69) is 15.3 Å². The second-order valence-corrected chi connectivity index (χ2v) is 4.61. The third kappa shape index (κ3) is 3.34. The van der Waals surface area contributed by atoms with Gasteiger partial charge in [-0.3, -0.25) is 9.59 Å². The van der Waals surface area contributed by atoms with Crippen LogP contribution < -0.4 is 25.7 Å². The van der Waals surface area contributed by atoms with Crippen molar-refractivity contribution in [1.29, 1.82) is 0 Å². The van der Waals surface area contributed by atoms with Gasteiger partial charge in [0.1, 0.15) is 6.54 Å². The zero-order valence-corrected chi connectivity index (χ0v) is 12.7. The topological polar surface area (TPSA) is 110 Å². The molecular weight excluding hydrogens is 288 g/mol. The van der Waals surface area contributed by atoms with E-state index in [9.17, 15) is 9.59 Å². The summed E-state index contributed by atoms with van der Waals surface area (Å²) in [5, 5.41) is 4.70. The van der Waals surface area contributed by atoms with Gasteiger partial charge in [0.15, 0.2) is 23.9 Å². The number of hydrogen-bond acceptors (Lipinski definition) is 5. The molecule has 2 rings (SSSR count). The number of nitrogens with zero attached hydrogens (tertiary/aromatic N) is 1. The fourth-order valence-corrected chi connectivity index (χ4v) is 2.05. The molecule has 8 nitrogen and oxygen atoms in total. The first kappa shape index (κ1) is 15.8. The number of nitrogens with one attached hydrogen (secondary N) is 2. The summed E-state index contributed by atoms with van der Waals surface area (Å²) in [6.45, 7) is 0.664. The summed E-state index contributed by atoms with van der Waals surface area (Å²) in [6, 6.07) is 3.25. The zero-order chi connectivity index (χ0) is 16.1. The molecule has 0 saturated heterocycles. The van der Waals surface area contributed by atoms with Crippen LogP contribution in [0.1, 0.15) is 5.82 Å². The number of H-pyrrole nitrogens is 1. The molecule has 4 N–H and O–H groups in total. The highest BCUT2D eigenvalue weighted by atomic mass is 16.5. The summed E-state index contributed by atoms with van der Waals surface area (Å²) in [6.07, 6.45) is 0. The Morgan fingerprint density at radius 1 is 1.32 bits per heavy atom. The molecule has 0 radical (unpaired) electrons. The van der Waals surface area contributed by atoms with E-state index in [1.807, 2.05) is 0 Å². The van der Waals surface area contributed by atoms with E-state index in [4.69, 9.17) is 9.47 Å². The molecule has 1 aromatic carbocycles. The van der Waals surface area contributed by atoms with Crippen LogP contribution in [0.25, 0.3) is 10.9 Å². The monoisotopic (exact) mass is 307 g/mol. The summed E-state index contributed by atoms with van der Waals surface area (Å²) in [4.78, 5) is 30.4. The summed E-state index contributed by atoms with van der Waals surface area (Å²) < 4.78 is 10.4. The Morgan fingerprint density at radius 2 is 2.00 bits per heavy atom. The predicted octanol–water partition coefficient (Wildman–Crippen LogP) is -1.25. The van der Waals surface area contributed by atoms with Crippen LogP contribution in [0.3, 0.4) is 0 Å². The average molecular weight is 307 g/mol. The van der Waals surface area contributed by atoms with Crippen molar-refractivity contribution in [2.24, 2.45) is 0 Å². The molecule has 1 aromatic heterocycles. The Hall–Kier alpha value is -2.61. The third-order valence-electron chi connectivity index (χ3n) is 3.21. The number of likely N-dealkylation sites (N-methyl/N-ethyl adjacent to an activating group) is 1. The Morgan fingerprint density at radius 3 is 2.64 bits per heavy atom. The maximum absolute atomic E-state index is 12.1. The van der Waals surface area contributed by atoms with Crippen LogP contribution in [0.2, 0.25) is 0 Å². The van der Waals surface area contributed by atoms with Gasteiger partial charge < -0.3 is 25.1 Å². The summed E-state index contributed by atoms with van der Waals surface area (Å²) in [5.74, 6) is 1.39. The zero-order valence-electron chi connectivity index (χ0n) is 12.7. The van der Waals surface area contributed by atoms with Crippen molar-refractivity contribution in [3.8, 4) is 11.5 Å². The van der Waals surface area contributed by atoms with Gasteiger partial charge in [0, 0.05) is 13.1 Å². The quantitative estimate of drug-likeness (QED) is 0.618. The lowest BCUT2D eigenvalue weighted by Crippen LogP contribution is -2.85. The Labute approximate surface area is 126 Å². The largest absolute Gasteiger partial charge is 0.493 e. The van der Waals surface area contributed by atoms with Crippen molar-refractivity contribution in [3.05, 3.63) is 28.3 Å². The third-order valence-corrected chi connectivity index (χ3v) is 3.21. The van der Waals surface area contributed by atoms with Gasteiger partial charge in [0.2, 0.25) is 0 Å². The number of carbonyl (C=O) groups is 1. The van der Waals surface area contributed by atoms with E-state index in [1.165, 1.54) is 14.2 Å². The number of quaternary nitrogens is 1. The molecule has 0 aliphatic carbocycles. The normalized spacial score (nSPS) is 10.5. The van der Waals surface area contributed by atoms with E-state index in [0.29, 0.717) is 34.8 Å². The molecule has 0 aliphatic rings. The molecule has 1 amide bonds. The fraction of sp³-hybridized carbons (Fsp3) is 0.357. The van der Waals surface area contributed by atoms with Crippen LogP contribution in [0, 0.1) is 0 Å². The van der Waals surface area contributed by atoms with Gasteiger partial charge in [-0.2, -0.15) is 0 Å². The molecule has 22 heavy (non-hydrogen) atoms. The Balaban J connectivity index is 2.31. The number of ether oxygens (including phenoxy) is 2. The highest BCUT2D eigenvalue weighted by Crippen LogP contribution is 2.29. The number of fused-ring (bicyclic) bond motifs is 1. The Kier molecular flexibility index (Phi) is 4.95. The van der Waals surface area contributed by atoms with Crippen molar-refractivity contribution >= 4 is 16.8 Å². The van der Waals surface area contributed by atoms with Gasteiger partial charge in [0.05, 0.1) is 25.1 Å². The minimum absolute atomic E-state index is 0.0884. The van der Waals surface area contributed by atoms with Crippen LogP contribution in [0.4, 0.5) is 0 Å². The number of carbonyl (C=O) groups excluding carboxylic acids is 1. The predicted molar refractivity (Wildman–Crippen MR) is 80.0 cm³/mol. The first-order valence-electron chi connectivity index (χ1n) is 6.76. The van der Waals surface area contributed by atoms with Crippen LogP contribution in [-0.2, 0) is 11.3 Å². The van der Waals surface area contributed by atoms with Crippen molar-refractivity contribution in [3.63, 3.8) is 0 Å². The maximum Gasteiger partial charge on any atom is 0.274 e. The number of hydrogen-bond donors (Lipinski definition) is 3. The number of amides is 1. The molecule has 0 atom stereocenters. The van der Waals surface area contributed by atoms with Crippen LogP contribution in [-0.4, -0.2) is 43.7 Å². The molecule has 0 fully saturated rings. The number of rotatable bonds is 6. The number of benzene rings is 1. The number of aromatic amines is 1. The van der Waals surface area contributed by atoms with Crippen molar-refractivity contribution in [2.45, 2.75) is 6.54 Å². The minimum Gasteiger partial charge on any atom is -0.493 e. The summed E-state index contributed by atoms with van der Waals surface area (Å²) >= 11 is 0. The molecule has 0 unspecified atom stereocenters. The second-order valence-electron chi connectivity index (χ2n) is 4.61. The van der Waals surface area contributed by atoms with Crippen LogP contribution >= 0.6 is 0 Å². The Bertz CT molecular complexity index is 741. The molecule has 0 spiro atoms. The highest BCUT2D eigenvalue weighted by Gasteiger charge is 2.11. The van der Waals surface area contributed by atoms with Crippen molar-refractivity contribution < 1.29 is 19.6 Å². The van der Waals surface area contributed by atoms with E-state index in [0.717, 1.165) is 0 Å². The second kappa shape index (κ2) is 6.90. The lowest BCUT2D eigenvalue weighted by Gasteiger charge is -2.09. The van der Waals surface area contributed by atoms with Crippen LogP contribution in [0.5, 0.6) is 11.5 Å². The van der Waals surface area contributed by atoms with E-state index >= 15 is 0 Å². The molecule has 8 heteroatoms. The molecule has 2 aromatic rings. The number of nitrogens with two attached hydrogens (primary N) is 1. The molecule has 1 heterocycles. The minimum atomic E-state index is -0.255. The maximum atomic E-state index is 12.1. The molecular formula is C14H19N4O4+. The van der Waals surface area contributed by atoms with Crippen molar-refractivity contribution in [2.75, 3.05) is 27.8 Å². The van der Waals surface area contributed by atoms with Gasteiger partial charge in [-0.15, -0.1) is 0 Å². The van der Waals surface area contributed by atoms with Crippen molar-refractivity contribution in [1.82, 2.24) is 15.3 Å². The van der Waals surface area contributed by atoms with Gasteiger partial charge in [-0.1, -0.05) is 0 Å². The smallest absolute Gasteiger partial charge is 0.274 e. The lowest BCUT2D eigenvalue weighted by molar-refractivity contribution is -0.661. The highest BCUT2D eigenvalue weighted by molar-refractivity contribution is 5.81. The van der Waals surface area contributed by atoms with E-state index in [-0.39, 0.29) is 18.0 Å². The summed E-state index contributed by atoms with van der Waals surface area (Å²) in [5.41, 5.74) is 0.263. The van der Waals surface area contributed by atoms with Gasteiger partial charge in [-0.05, 0) is 6.07 Å². The van der Waals surface area contributed by atoms with Gasteiger partial charge in [0.25, 0.3) is 11.5 Å². The molecule has 0 bridgehead atoms. The average Bonchev–Trinajstić information content (AvgIpc) is 2.53. The van der Waals surface area contributed by atoms with Gasteiger partial charge >= 0.3 is 0 Å². The lowest BCUT2D eigenvalue weighted by atomic mass is 10.2. The van der Waals surface area contributed by atoms with E-state index in [1.54, 1.807) is 24.5 Å². The first-order chi connectivity index (χ1) is 10.6. The SMILES string of the molecule is CNC(=O)C[NH2+]Cc1nc2cc(OC)c(OC)cc2c(=O)[nH]1. The van der Waals surface area contributed by atoms with E-state index < -0.39 is 0 Å². The molecule has 118 valence electrons. The first-order valence-corrected chi connectivity index (χ1v) is 6.76. The number of aromatic nitrogens is 2. The fourth-order valence-electron chi connectivity index (χ4n) is 2.05. The molecule has 0 aliphatic heterocycles. The summed E-state index contributed by atoms with van der Waals surface area (Å²) in [7, 11) is 4.61. The standard InChI is InChI=1S/C14H18N4O4/c1-15-13(19)7-16-6-12-17-9-5-11(22-3)10(21-2)4-8(9)14(20)18-12/h4-5,16H,6-7H2,1-3H3,(H,15,19)(H,17,18,20)/p+1.